The van der Waals surface area contributed by atoms with Crippen molar-refractivity contribution in [3.8, 4) is 11.8 Å². The minimum absolute atomic E-state index is 0.00210. The van der Waals surface area contributed by atoms with Crippen LogP contribution in [0.5, 0.6) is 0 Å². The predicted molar refractivity (Wildman–Crippen MR) is 114 cm³/mol. The molecule has 0 amide bonds. The number of nitrogens with one attached hydrogen (secondary N) is 1. The molecule has 2 rings (SSSR count). The van der Waals surface area contributed by atoms with Crippen LogP contribution in [0, 0.1) is 24.2 Å². The van der Waals surface area contributed by atoms with Crippen LogP contribution in [0.1, 0.15) is 37.5 Å². The van der Waals surface area contributed by atoms with Crippen LogP contribution in [0.3, 0.4) is 0 Å². The Morgan fingerprint density at radius 3 is 2.46 bits per heavy atom. The molecule has 2 aromatic carbocycles. The predicted octanol–water partition coefficient (Wildman–Crippen LogP) is 4.68. The van der Waals surface area contributed by atoms with Crippen LogP contribution >= 0.6 is 11.9 Å². The molecule has 0 radical (unpaired) electrons. The quantitative estimate of drug-likeness (QED) is 0.560. The van der Waals surface area contributed by atoms with E-state index in [-0.39, 0.29) is 5.41 Å². The fraction of sp³-hybridized carbons (Fsp3) is 0.333. The minimum atomic E-state index is -1.16. The maximum Gasteiger partial charge on any atom is 0.117 e. The maximum absolute atomic E-state index is 12.3. The van der Waals surface area contributed by atoms with Crippen LogP contribution in [0.25, 0.3) is 0 Å². The van der Waals surface area contributed by atoms with E-state index in [1.807, 2.05) is 37.3 Å². The number of hydrogen-bond acceptors (Lipinski definition) is 3. The van der Waals surface area contributed by atoms with Gasteiger partial charge in [0.05, 0.1) is 5.69 Å². The number of anilines is 1. The molecule has 1 unspecified atom stereocenters. The average molecular weight is 387 g/mol. The molecule has 0 spiro atoms. The summed E-state index contributed by atoms with van der Waals surface area (Å²) in [6.07, 6.45) is 0.740. The molecule has 2 aromatic rings. The largest absolute Gasteiger partial charge is 0.304 e. The van der Waals surface area contributed by atoms with E-state index in [0.29, 0.717) is 5.75 Å². The number of benzene rings is 2. The van der Waals surface area contributed by atoms with Gasteiger partial charge in [-0.05, 0) is 81.5 Å². The number of nitrogens with two attached hydrogens (primary N) is 1. The van der Waals surface area contributed by atoms with Gasteiger partial charge in [-0.25, -0.2) is 4.21 Å². The molecule has 3 nitrogen and oxygen atoms in total. The first-order chi connectivity index (χ1) is 12.3. The number of hydrogen-bond donors (Lipinski definition) is 2. The van der Waals surface area contributed by atoms with Crippen molar-refractivity contribution in [2.45, 2.75) is 39.0 Å². The zero-order valence-corrected chi connectivity index (χ0v) is 17.4. The fourth-order valence-corrected chi connectivity index (χ4v) is 3.72. The van der Waals surface area contributed by atoms with Crippen molar-refractivity contribution in [1.82, 2.24) is 0 Å². The van der Waals surface area contributed by atoms with Crippen LogP contribution in [0.15, 0.2) is 47.4 Å². The van der Waals surface area contributed by atoms with Crippen LogP contribution in [0.4, 0.5) is 5.69 Å². The molecule has 0 aliphatic heterocycles. The second-order valence-corrected chi connectivity index (χ2v) is 9.20. The molecule has 0 saturated heterocycles. The van der Waals surface area contributed by atoms with E-state index in [1.54, 1.807) is 0 Å². The van der Waals surface area contributed by atoms with Crippen molar-refractivity contribution < 1.29 is 4.21 Å². The van der Waals surface area contributed by atoms with Gasteiger partial charge in [-0.1, -0.05) is 30.0 Å². The highest BCUT2D eigenvalue weighted by Crippen LogP contribution is 2.25. The van der Waals surface area contributed by atoms with Crippen LogP contribution in [0.2, 0.25) is 0 Å². The molecule has 3 N–H and O–H groups in total. The molecule has 0 aromatic heterocycles. The molecule has 26 heavy (non-hydrogen) atoms. The zero-order chi connectivity index (χ0) is 19.2. The summed E-state index contributed by atoms with van der Waals surface area (Å²) in [7, 11) is -1.16. The Bertz CT molecular complexity index is 828. The van der Waals surface area contributed by atoms with Crippen molar-refractivity contribution in [3.05, 3.63) is 59.2 Å². The van der Waals surface area contributed by atoms with Crippen LogP contribution < -0.4 is 9.86 Å². The fourth-order valence-electron chi connectivity index (χ4n) is 2.21. The summed E-state index contributed by atoms with van der Waals surface area (Å²) in [5, 5.41) is 5.69. The SMILES string of the molecule is Cc1ccc(NS(=O)CCc2ccc(C#CC(C)(C)C)cc2)c(SN)c1. The van der Waals surface area contributed by atoms with Crippen molar-refractivity contribution >= 4 is 28.6 Å². The van der Waals surface area contributed by atoms with E-state index in [0.717, 1.165) is 45.6 Å². The smallest absolute Gasteiger partial charge is 0.117 e. The molecule has 0 aliphatic carbocycles. The van der Waals surface area contributed by atoms with Gasteiger partial charge in [-0.3, -0.25) is 5.14 Å². The normalized spacial score (nSPS) is 12.2. The third-order valence-electron chi connectivity index (χ3n) is 3.60. The Hall–Kier alpha value is -1.74. The Morgan fingerprint density at radius 1 is 1.15 bits per heavy atom. The lowest BCUT2D eigenvalue weighted by molar-refractivity contribution is 0.571. The summed E-state index contributed by atoms with van der Waals surface area (Å²) < 4.78 is 15.4. The van der Waals surface area contributed by atoms with Gasteiger partial charge < -0.3 is 4.72 Å². The highest BCUT2D eigenvalue weighted by atomic mass is 32.2. The van der Waals surface area contributed by atoms with Crippen molar-refractivity contribution in [3.63, 3.8) is 0 Å². The van der Waals surface area contributed by atoms with Gasteiger partial charge in [0, 0.05) is 21.6 Å². The first-order valence-electron chi connectivity index (χ1n) is 8.51. The summed E-state index contributed by atoms with van der Waals surface area (Å²) in [5.41, 5.74) is 4.10. The molecule has 0 bridgehead atoms. The van der Waals surface area contributed by atoms with Crippen molar-refractivity contribution in [2.75, 3.05) is 10.5 Å². The van der Waals surface area contributed by atoms with Crippen LogP contribution in [-0.4, -0.2) is 9.96 Å². The maximum atomic E-state index is 12.3. The summed E-state index contributed by atoms with van der Waals surface area (Å²) in [6.45, 7) is 8.30. The van der Waals surface area contributed by atoms with Crippen LogP contribution in [-0.2, 0) is 17.4 Å². The lowest BCUT2D eigenvalue weighted by Crippen LogP contribution is -2.11. The van der Waals surface area contributed by atoms with Gasteiger partial charge >= 0.3 is 0 Å². The molecular weight excluding hydrogens is 360 g/mol. The molecule has 138 valence electrons. The highest BCUT2D eigenvalue weighted by molar-refractivity contribution is 7.97. The summed E-state index contributed by atoms with van der Waals surface area (Å²) in [4.78, 5) is 0.903. The van der Waals surface area contributed by atoms with Crippen molar-refractivity contribution in [1.29, 1.82) is 0 Å². The molecular formula is C21H26N2OS2. The molecule has 0 fully saturated rings. The Labute approximate surface area is 163 Å². The molecule has 0 heterocycles. The topological polar surface area (TPSA) is 55.1 Å². The highest BCUT2D eigenvalue weighted by Gasteiger charge is 2.07. The average Bonchev–Trinajstić information content (AvgIpc) is 2.60. The molecule has 0 aliphatic rings. The first kappa shape index (κ1) is 20.6. The standard InChI is InChI=1S/C21H26N2OS2/c1-16-5-10-19(20(15-16)25-22)23-26(24)14-12-18-8-6-17(7-9-18)11-13-21(2,3)4/h5-10,15,23H,12,14,22H2,1-4H3. The second-order valence-electron chi connectivity index (χ2n) is 7.22. The molecule has 5 heteroatoms. The first-order valence-corrected chi connectivity index (χ1v) is 10.7. The summed E-state index contributed by atoms with van der Waals surface area (Å²) in [6, 6.07) is 14.0. The number of aryl methyl sites for hydroxylation is 2. The van der Waals surface area contributed by atoms with E-state index >= 15 is 0 Å². The van der Waals surface area contributed by atoms with Crippen molar-refractivity contribution in [2.24, 2.45) is 10.6 Å². The molecule has 1 atom stereocenters. The molecule has 0 saturated carbocycles. The van der Waals surface area contributed by atoms with Gasteiger partial charge in [-0.2, -0.15) is 0 Å². The Morgan fingerprint density at radius 2 is 1.85 bits per heavy atom. The number of rotatable bonds is 6. The monoisotopic (exact) mass is 386 g/mol. The van der Waals surface area contributed by atoms with E-state index in [1.165, 1.54) is 0 Å². The third-order valence-corrected chi connectivity index (χ3v) is 5.21. The van der Waals surface area contributed by atoms with E-state index in [4.69, 9.17) is 5.14 Å². The third kappa shape index (κ3) is 6.87. The van der Waals surface area contributed by atoms with Gasteiger partial charge in [0.1, 0.15) is 11.0 Å². The van der Waals surface area contributed by atoms with Gasteiger partial charge in [0.2, 0.25) is 0 Å². The van der Waals surface area contributed by atoms with E-state index in [2.05, 4.69) is 49.5 Å². The second kappa shape index (κ2) is 9.27. The van der Waals surface area contributed by atoms with Gasteiger partial charge in [-0.15, -0.1) is 0 Å². The van der Waals surface area contributed by atoms with Gasteiger partial charge in [0.25, 0.3) is 0 Å². The minimum Gasteiger partial charge on any atom is -0.304 e. The summed E-state index contributed by atoms with van der Waals surface area (Å²) >= 11 is 1.16. The lowest BCUT2D eigenvalue weighted by atomic mass is 9.97. The van der Waals surface area contributed by atoms with E-state index in [9.17, 15) is 4.21 Å². The van der Waals surface area contributed by atoms with E-state index < -0.39 is 11.0 Å². The zero-order valence-electron chi connectivity index (χ0n) is 15.8. The Kier molecular flexibility index (Phi) is 7.33. The Balaban J connectivity index is 1.92. The summed E-state index contributed by atoms with van der Waals surface area (Å²) in [5.74, 6) is 6.96. The lowest BCUT2D eigenvalue weighted by Gasteiger charge is -2.10. The van der Waals surface area contributed by atoms with Gasteiger partial charge in [0.15, 0.2) is 0 Å².